The van der Waals surface area contributed by atoms with Gasteiger partial charge in [0.15, 0.2) is 0 Å². The summed E-state index contributed by atoms with van der Waals surface area (Å²) >= 11 is 0. The average molecular weight is 689 g/mol. The van der Waals surface area contributed by atoms with E-state index in [4.69, 9.17) is 9.47 Å². The highest BCUT2D eigenvalue weighted by Gasteiger charge is 2.34. The fourth-order valence-corrected chi connectivity index (χ4v) is 6.06. The van der Waals surface area contributed by atoms with Crippen LogP contribution < -0.4 is 37.4 Å². The number of carbonyl (C=O) groups excluding carboxylic acids is 2. The number of rotatable bonds is 21. The van der Waals surface area contributed by atoms with E-state index in [0.29, 0.717) is 87.0 Å². The second-order valence-electron chi connectivity index (χ2n) is 12.6. The summed E-state index contributed by atoms with van der Waals surface area (Å²) in [5.74, 6) is 1.70. The van der Waals surface area contributed by atoms with Crippen molar-refractivity contribution >= 4 is 35.3 Å². The Bertz CT molecular complexity index is 1460. The number of benzene rings is 2. The fraction of sp³-hybridized carbons (Fsp3) is 0.528. The van der Waals surface area contributed by atoms with Crippen molar-refractivity contribution in [1.82, 2.24) is 36.4 Å². The molecule has 1 saturated carbocycles. The van der Waals surface area contributed by atoms with Crippen LogP contribution in [0.4, 0.5) is 23.5 Å². The molecule has 1 aliphatic carbocycles. The molecule has 3 aromatic rings. The number of nitrogens with one attached hydrogen (secondary N) is 7. The Labute approximate surface area is 294 Å². The molecule has 0 bridgehead atoms. The lowest BCUT2D eigenvalue weighted by atomic mass is 9.83. The van der Waals surface area contributed by atoms with Gasteiger partial charge >= 0.3 is 0 Å². The van der Waals surface area contributed by atoms with Crippen molar-refractivity contribution in [1.29, 1.82) is 0 Å². The first kappa shape index (κ1) is 36.9. The molecule has 3 unspecified atom stereocenters. The first-order valence-electron chi connectivity index (χ1n) is 18.0. The zero-order chi connectivity index (χ0) is 34.8. The summed E-state index contributed by atoms with van der Waals surface area (Å²) in [5, 5.41) is 15.9. The van der Waals surface area contributed by atoms with Gasteiger partial charge in [-0.25, -0.2) is 0 Å². The van der Waals surface area contributed by atoms with E-state index in [1.54, 1.807) is 24.3 Å². The minimum atomic E-state index is -0.117. The summed E-state index contributed by atoms with van der Waals surface area (Å²) in [7, 11) is 0. The van der Waals surface area contributed by atoms with Gasteiger partial charge in [0.2, 0.25) is 17.8 Å². The van der Waals surface area contributed by atoms with Crippen LogP contribution in [0.15, 0.2) is 54.6 Å². The van der Waals surface area contributed by atoms with E-state index >= 15 is 0 Å². The molecule has 270 valence electrons. The summed E-state index contributed by atoms with van der Waals surface area (Å²) in [6, 6.07) is 17.2. The standard InChI is InChI=1S/C36H52N10O4/c1-2-3-4-8-17-37-33(48)27-11-13-29(14-12-27)41-35-43-34(44-36(45-35)42-30-15-16-31-28(24-30)25-40-46-31)39-19-21-50-23-22-49-20-18-38-32(47)26-9-6-5-7-10-26/h5-7,9-14,28,30-31,40,46H,2-4,8,15-25H2,1H3,(H,37,48)(H,38,47)(H3,39,41,42,43,44,45). The monoisotopic (exact) mass is 688 g/mol. The number of nitrogens with zero attached hydrogens (tertiary/aromatic N) is 3. The minimum Gasteiger partial charge on any atom is -0.377 e. The van der Waals surface area contributed by atoms with Gasteiger partial charge in [-0.1, -0.05) is 44.4 Å². The highest BCUT2D eigenvalue weighted by molar-refractivity contribution is 5.94. The van der Waals surface area contributed by atoms with Crippen LogP contribution in [0.1, 0.15) is 72.6 Å². The number of amides is 2. The molecule has 2 heterocycles. The summed E-state index contributed by atoms with van der Waals surface area (Å²) in [5.41, 5.74) is 8.66. The molecule has 2 aliphatic rings. The first-order valence-corrected chi connectivity index (χ1v) is 18.0. The van der Waals surface area contributed by atoms with E-state index < -0.39 is 0 Å². The molecule has 14 nitrogen and oxygen atoms in total. The molecule has 3 atom stereocenters. The van der Waals surface area contributed by atoms with Gasteiger partial charge in [-0.15, -0.1) is 0 Å². The van der Waals surface area contributed by atoms with E-state index in [0.717, 1.165) is 44.3 Å². The van der Waals surface area contributed by atoms with Crippen LogP contribution in [0.2, 0.25) is 0 Å². The molecule has 1 aliphatic heterocycles. The Morgan fingerprint density at radius 3 is 2.24 bits per heavy atom. The van der Waals surface area contributed by atoms with Crippen molar-refractivity contribution in [3.63, 3.8) is 0 Å². The van der Waals surface area contributed by atoms with Gasteiger partial charge in [0.05, 0.1) is 26.4 Å². The molecule has 1 aromatic heterocycles. The van der Waals surface area contributed by atoms with Crippen LogP contribution >= 0.6 is 0 Å². The van der Waals surface area contributed by atoms with E-state index in [1.807, 2.05) is 30.3 Å². The predicted molar refractivity (Wildman–Crippen MR) is 195 cm³/mol. The smallest absolute Gasteiger partial charge is 0.251 e. The Morgan fingerprint density at radius 1 is 0.760 bits per heavy atom. The van der Waals surface area contributed by atoms with E-state index in [1.165, 1.54) is 12.8 Å². The summed E-state index contributed by atoms with van der Waals surface area (Å²) in [6.07, 6.45) is 7.59. The third-order valence-corrected chi connectivity index (χ3v) is 8.79. The molecule has 0 spiro atoms. The lowest BCUT2D eigenvalue weighted by Crippen LogP contribution is -2.39. The molecule has 5 rings (SSSR count). The predicted octanol–water partition coefficient (Wildman–Crippen LogP) is 3.86. The molecule has 2 amide bonds. The molecule has 50 heavy (non-hydrogen) atoms. The number of anilines is 4. The molecule has 14 heteroatoms. The molecule has 2 aromatic carbocycles. The number of hydrogen-bond acceptors (Lipinski definition) is 12. The molecular formula is C36H52N10O4. The molecule has 2 fully saturated rings. The highest BCUT2D eigenvalue weighted by Crippen LogP contribution is 2.28. The minimum absolute atomic E-state index is 0.0744. The van der Waals surface area contributed by atoms with Gasteiger partial charge in [-0.2, -0.15) is 15.0 Å². The second-order valence-corrected chi connectivity index (χ2v) is 12.6. The fourth-order valence-electron chi connectivity index (χ4n) is 6.06. The van der Waals surface area contributed by atoms with E-state index in [9.17, 15) is 9.59 Å². The topological polar surface area (TPSA) is 175 Å². The maximum absolute atomic E-state index is 12.6. The zero-order valence-electron chi connectivity index (χ0n) is 29.0. The lowest BCUT2D eigenvalue weighted by Gasteiger charge is -2.31. The Kier molecular flexibility index (Phi) is 15.0. The van der Waals surface area contributed by atoms with Crippen LogP contribution in [0.3, 0.4) is 0 Å². The van der Waals surface area contributed by atoms with Gasteiger partial charge in [-0.3, -0.25) is 20.4 Å². The average Bonchev–Trinajstić information content (AvgIpc) is 3.61. The van der Waals surface area contributed by atoms with Crippen molar-refractivity contribution in [3.8, 4) is 0 Å². The SMILES string of the molecule is CCCCCCNC(=O)c1ccc(Nc2nc(NCCOCCOCCNC(=O)c3ccccc3)nc(NC3CCC4NNCC4C3)n2)cc1. The maximum Gasteiger partial charge on any atom is 0.251 e. The molecule has 7 N–H and O–H groups in total. The van der Waals surface area contributed by atoms with Crippen LogP contribution in [-0.4, -0.2) is 91.5 Å². The molecule has 0 radical (unpaired) electrons. The van der Waals surface area contributed by atoms with Crippen LogP contribution in [-0.2, 0) is 9.47 Å². The number of hydrazine groups is 1. The van der Waals surface area contributed by atoms with Crippen LogP contribution in [0.25, 0.3) is 0 Å². The van der Waals surface area contributed by atoms with Crippen molar-refractivity contribution in [2.75, 3.05) is 68.6 Å². The first-order chi connectivity index (χ1) is 24.6. The third-order valence-electron chi connectivity index (χ3n) is 8.79. The summed E-state index contributed by atoms with van der Waals surface area (Å²) in [4.78, 5) is 38.6. The van der Waals surface area contributed by atoms with E-state index in [-0.39, 0.29) is 17.9 Å². The van der Waals surface area contributed by atoms with Gasteiger partial charge in [0.25, 0.3) is 11.8 Å². The number of unbranched alkanes of at least 4 members (excludes halogenated alkanes) is 3. The Balaban J connectivity index is 1.07. The third kappa shape index (κ3) is 12.2. The summed E-state index contributed by atoms with van der Waals surface area (Å²) < 4.78 is 11.3. The number of aromatic nitrogens is 3. The Hall–Kier alpha value is -4.37. The Morgan fingerprint density at radius 2 is 1.46 bits per heavy atom. The van der Waals surface area contributed by atoms with Gasteiger partial charge in [-0.05, 0) is 68.0 Å². The zero-order valence-corrected chi connectivity index (χ0v) is 29.0. The second kappa shape index (κ2) is 20.3. The van der Waals surface area contributed by atoms with Crippen molar-refractivity contribution < 1.29 is 19.1 Å². The van der Waals surface area contributed by atoms with Gasteiger partial charge in [0.1, 0.15) is 0 Å². The maximum atomic E-state index is 12.6. The van der Waals surface area contributed by atoms with Crippen molar-refractivity contribution in [2.45, 2.75) is 64.0 Å². The quantitative estimate of drug-likeness (QED) is 0.0807. The van der Waals surface area contributed by atoms with E-state index in [2.05, 4.69) is 59.3 Å². The lowest BCUT2D eigenvalue weighted by molar-refractivity contribution is 0.0519. The van der Waals surface area contributed by atoms with Crippen molar-refractivity contribution in [3.05, 3.63) is 65.7 Å². The molecular weight excluding hydrogens is 636 g/mol. The number of ether oxygens (including phenoxy) is 2. The normalized spacial score (nSPS) is 18.2. The van der Waals surface area contributed by atoms with Gasteiger partial charge < -0.3 is 36.1 Å². The van der Waals surface area contributed by atoms with Crippen LogP contribution in [0, 0.1) is 5.92 Å². The highest BCUT2D eigenvalue weighted by atomic mass is 16.5. The number of carbonyl (C=O) groups is 2. The summed E-state index contributed by atoms with van der Waals surface area (Å²) in [6.45, 7) is 6.40. The van der Waals surface area contributed by atoms with Crippen LogP contribution in [0.5, 0.6) is 0 Å². The number of fused-ring (bicyclic) bond motifs is 1. The number of hydrogen-bond donors (Lipinski definition) is 7. The van der Waals surface area contributed by atoms with Crippen molar-refractivity contribution in [2.24, 2.45) is 5.92 Å². The van der Waals surface area contributed by atoms with Gasteiger partial charge in [0, 0.05) is 55.1 Å². The molecule has 1 saturated heterocycles. The largest absolute Gasteiger partial charge is 0.377 e.